The number of halogens is 1. The number of ether oxygens (including phenoxy) is 1. The fourth-order valence-electron chi connectivity index (χ4n) is 2.13. The van der Waals surface area contributed by atoms with Gasteiger partial charge in [0.1, 0.15) is 5.75 Å². The molecule has 0 spiro atoms. The molecule has 1 atom stereocenters. The Morgan fingerprint density at radius 2 is 1.54 bits per heavy atom. The first-order chi connectivity index (χ1) is 12.4. The second-order valence-corrected chi connectivity index (χ2v) is 5.91. The van der Waals surface area contributed by atoms with Crippen molar-refractivity contribution in [2.75, 3.05) is 6.54 Å². The number of nitrogens with one attached hydrogen (secondary N) is 2. The standard InChI is InChI=1S/C19H19ClN2O4/c1-3-21-19(25)22-18(24)12(2)26-16-10-6-14(7-11-16)17(23)13-4-8-15(20)9-5-13/h4-12H,3H2,1-2H3,(H2,21,22,24,25). The minimum atomic E-state index is -0.865. The summed E-state index contributed by atoms with van der Waals surface area (Å²) in [7, 11) is 0. The number of carbonyl (C=O) groups excluding carboxylic acids is 3. The van der Waals surface area contributed by atoms with Crippen LogP contribution in [0.2, 0.25) is 5.02 Å². The molecule has 0 aliphatic heterocycles. The molecule has 26 heavy (non-hydrogen) atoms. The van der Waals surface area contributed by atoms with Gasteiger partial charge in [-0.1, -0.05) is 11.6 Å². The summed E-state index contributed by atoms with van der Waals surface area (Å²) in [5.74, 6) is -0.288. The van der Waals surface area contributed by atoms with E-state index in [0.29, 0.717) is 28.4 Å². The van der Waals surface area contributed by atoms with E-state index in [2.05, 4.69) is 10.6 Å². The molecule has 0 heterocycles. The Morgan fingerprint density at radius 3 is 2.08 bits per heavy atom. The molecular weight excluding hydrogens is 356 g/mol. The zero-order valence-electron chi connectivity index (χ0n) is 14.4. The lowest BCUT2D eigenvalue weighted by atomic mass is 10.0. The maximum Gasteiger partial charge on any atom is 0.321 e. The number of urea groups is 1. The SMILES string of the molecule is CCNC(=O)NC(=O)C(C)Oc1ccc(C(=O)c2ccc(Cl)cc2)cc1. The van der Waals surface area contributed by atoms with Crippen LogP contribution in [0.4, 0.5) is 4.79 Å². The summed E-state index contributed by atoms with van der Waals surface area (Å²) in [5, 5.41) is 5.20. The van der Waals surface area contributed by atoms with Crippen molar-refractivity contribution in [2.45, 2.75) is 20.0 Å². The van der Waals surface area contributed by atoms with Gasteiger partial charge in [-0.3, -0.25) is 14.9 Å². The number of hydrogen-bond donors (Lipinski definition) is 2. The van der Waals surface area contributed by atoms with E-state index in [-0.39, 0.29) is 5.78 Å². The van der Waals surface area contributed by atoms with Crippen molar-refractivity contribution in [2.24, 2.45) is 0 Å². The Labute approximate surface area is 156 Å². The van der Waals surface area contributed by atoms with Gasteiger partial charge in [0, 0.05) is 22.7 Å². The molecule has 2 aromatic rings. The summed E-state index contributed by atoms with van der Waals surface area (Å²) in [6.45, 7) is 3.69. The van der Waals surface area contributed by atoms with Crippen LogP contribution in [-0.2, 0) is 4.79 Å². The molecule has 7 heteroatoms. The molecule has 3 amide bonds. The zero-order valence-corrected chi connectivity index (χ0v) is 15.2. The molecule has 2 aromatic carbocycles. The van der Waals surface area contributed by atoms with Crippen molar-refractivity contribution in [1.82, 2.24) is 10.6 Å². The summed E-state index contributed by atoms with van der Waals surface area (Å²) < 4.78 is 5.49. The fraction of sp³-hybridized carbons (Fsp3) is 0.211. The van der Waals surface area contributed by atoms with Gasteiger partial charge in [0.2, 0.25) is 0 Å². The van der Waals surface area contributed by atoms with Crippen molar-refractivity contribution in [3.8, 4) is 5.75 Å². The third-order valence-corrected chi connectivity index (χ3v) is 3.73. The lowest BCUT2D eigenvalue weighted by Gasteiger charge is -2.14. The van der Waals surface area contributed by atoms with Crippen molar-refractivity contribution in [1.29, 1.82) is 0 Å². The number of carbonyl (C=O) groups is 3. The summed E-state index contributed by atoms with van der Waals surface area (Å²) in [5.41, 5.74) is 1.01. The van der Waals surface area contributed by atoms with E-state index in [4.69, 9.17) is 16.3 Å². The Balaban J connectivity index is 1.98. The first-order valence-corrected chi connectivity index (χ1v) is 8.44. The summed E-state index contributed by atoms with van der Waals surface area (Å²) in [6, 6.07) is 12.5. The lowest BCUT2D eigenvalue weighted by molar-refractivity contribution is -0.126. The van der Waals surface area contributed by atoms with Crippen LogP contribution in [0.25, 0.3) is 0 Å². The highest BCUT2D eigenvalue weighted by Gasteiger charge is 2.17. The van der Waals surface area contributed by atoms with Crippen molar-refractivity contribution in [3.63, 3.8) is 0 Å². The topological polar surface area (TPSA) is 84.5 Å². The van der Waals surface area contributed by atoms with E-state index in [9.17, 15) is 14.4 Å². The van der Waals surface area contributed by atoms with Crippen LogP contribution in [0.1, 0.15) is 29.8 Å². The summed E-state index contributed by atoms with van der Waals surface area (Å²) in [4.78, 5) is 35.6. The molecular formula is C19H19ClN2O4. The van der Waals surface area contributed by atoms with Gasteiger partial charge >= 0.3 is 6.03 Å². The van der Waals surface area contributed by atoms with Crippen molar-refractivity contribution >= 4 is 29.3 Å². The second-order valence-electron chi connectivity index (χ2n) is 5.47. The van der Waals surface area contributed by atoms with Gasteiger partial charge in [0.05, 0.1) is 0 Å². The molecule has 0 bridgehead atoms. The van der Waals surface area contributed by atoms with E-state index in [0.717, 1.165) is 0 Å². The maximum absolute atomic E-state index is 12.4. The highest BCUT2D eigenvalue weighted by atomic mass is 35.5. The Hall–Kier alpha value is -2.86. The van der Waals surface area contributed by atoms with Crippen LogP contribution in [0.5, 0.6) is 5.75 Å². The molecule has 0 radical (unpaired) electrons. The third-order valence-electron chi connectivity index (χ3n) is 3.48. The average molecular weight is 375 g/mol. The van der Waals surface area contributed by atoms with E-state index in [1.165, 1.54) is 6.92 Å². The Kier molecular flexibility index (Phi) is 6.74. The van der Waals surface area contributed by atoms with Crippen LogP contribution >= 0.6 is 11.6 Å². The fourth-order valence-corrected chi connectivity index (χ4v) is 2.25. The number of amides is 3. The molecule has 0 aliphatic rings. The number of benzene rings is 2. The monoisotopic (exact) mass is 374 g/mol. The number of ketones is 1. The van der Waals surface area contributed by atoms with E-state index < -0.39 is 18.0 Å². The number of rotatable bonds is 6. The quantitative estimate of drug-likeness (QED) is 0.760. The van der Waals surface area contributed by atoms with Crippen molar-refractivity contribution in [3.05, 3.63) is 64.7 Å². The molecule has 6 nitrogen and oxygen atoms in total. The highest BCUT2D eigenvalue weighted by Crippen LogP contribution is 2.18. The Morgan fingerprint density at radius 1 is 1.00 bits per heavy atom. The van der Waals surface area contributed by atoms with E-state index in [1.54, 1.807) is 55.5 Å². The molecule has 0 fully saturated rings. The zero-order chi connectivity index (χ0) is 19.1. The van der Waals surface area contributed by atoms with E-state index in [1.807, 2.05) is 0 Å². The van der Waals surface area contributed by atoms with E-state index >= 15 is 0 Å². The summed E-state index contributed by atoms with van der Waals surface area (Å²) in [6.07, 6.45) is -0.865. The van der Waals surface area contributed by atoms with Gasteiger partial charge in [0.15, 0.2) is 11.9 Å². The smallest absolute Gasteiger partial charge is 0.321 e. The van der Waals surface area contributed by atoms with Gasteiger partial charge in [-0.25, -0.2) is 4.79 Å². The van der Waals surface area contributed by atoms with Gasteiger partial charge in [-0.2, -0.15) is 0 Å². The van der Waals surface area contributed by atoms with Crippen molar-refractivity contribution < 1.29 is 19.1 Å². The lowest BCUT2D eigenvalue weighted by Crippen LogP contribution is -2.45. The maximum atomic E-state index is 12.4. The van der Waals surface area contributed by atoms with Crippen LogP contribution in [-0.4, -0.2) is 30.4 Å². The van der Waals surface area contributed by atoms with Gasteiger partial charge < -0.3 is 10.1 Å². The van der Waals surface area contributed by atoms with Crippen LogP contribution in [0, 0.1) is 0 Å². The predicted octanol–water partition coefficient (Wildman–Crippen LogP) is 3.18. The minimum absolute atomic E-state index is 0.143. The van der Waals surface area contributed by atoms with Gasteiger partial charge in [-0.05, 0) is 62.4 Å². The molecule has 0 saturated heterocycles. The van der Waals surface area contributed by atoms with Crippen LogP contribution in [0.3, 0.4) is 0 Å². The minimum Gasteiger partial charge on any atom is -0.481 e. The average Bonchev–Trinajstić information content (AvgIpc) is 2.62. The molecule has 0 saturated carbocycles. The molecule has 2 rings (SSSR count). The molecule has 0 aliphatic carbocycles. The van der Waals surface area contributed by atoms with Gasteiger partial charge in [0.25, 0.3) is 5.91 Å². The first kappa shape index (κ1) is 19.5. The molecule has 0 aromatic heterocycles. The third kappa shape index (κ3) is 5.32. The molecule has 2 N–H and O–H groups in total. The van der Waals surface area contributed by atoms with Crippen LogP contribution in [0.15, 0.2) is 48.5 Å². The normalized spacial score (nSPS) is 11.3. The highest BCUT2D eigenvalue weighted by molar-refractivity contribution is 6.30. The molecule has 136 valence electrons. The molecule has 1 unspecified atom stereocenters. The first-order valence-electron chi connectivity index (χ1n) is 8.06. The predicted molar refractivity (Wildman–Crippen MR) is 98.6 cm³/mol. The number of hydrogen-bond acceptors (Lipinski definition) is 4. The Bertz CT molecular complexity index is 788. The van der Waals surface area contributed by atoms with Crippen LogP contribution < -0.4 is 15.4 Å². The summed E-state index contributed by atoms with van der Waals surface area (Å²) >= 11 is 5.82. The van der Waals surface area contributed by atoms with Gasteiger partial charge in [-0.15, -0.1) is 0 Å². The second kappa shape index (κ2) is 9.01. The largest absolute Gasteiger partial charge is 0.481 e. The number of imide groups is 1.